The van der Waals surface area contributed by atoms with Crippen LogP contribution in [-0.2, 0) is 0 Å². The second-order valence-electron chi connectivity index (χ2n) is 6.43. The van der Waals surface area contributed by atoms with Crippen LogP contribution in [0.25, 0.3) is 0 Å². The zero-order chi connectivity index (χ0) is 18.1. The van der Waals surface area contributed by atoms with Gasteiger partial charge in [0.05, 0.1) is 5.56 Å². The summed E-state index contributed by atoms with van der Waals surface area (Å²) in [6.45, 7) is 1.54. The summed E-state index contributed by atoms with van der Waals surface area (Å²) in [6.07, 6.45) is 2.53. The lowest BCUT2D eigenvalue weighted by atomic mass is 9.84. The second-order valence-corrected chi connectivity index (χ2v) is 6.43. The van der Waals surface area contributed by atoms with Gasteiger partial charge in [0.25, 0.3) is 0 Å². The quantitative estimate of drug-likeness (QED) is 0.769. The van der Waals surface area contributed by atoms with Crippen molar-refractivity contribution in [1.82, 2.24) is 10.4 Å². The lowest BCUT2D eigenvalue weighted by Gasteiger charge is -2.26. The first-order valence-electron chi connectivity index (χ1n) is 8.70. The number of benzene rings is 2. The fraction of sp³-hybridized carbons (Fsp3) is 0.250. The van der Waals surface area contributed by atoms with Gasteiger partial charge in [-0.15, -0.1) is 0 Å². The zero-order valence-electron chi connectivity index (χ0n) is 14.2. The van der Waals surface area contributed by atoms with Gasteiger partial charge in [0.1, 0.15) is 5.75 Å². The van der Waals surface area contributed by atoms with Gasteiger partial charge in [-0.25, -0.2) is 9.80 Å². The fourth-order valence-electron chi connectivity index (χ4n) is 3.46. The summed E-state index contributed by atoms with van der Waals surface area (Å²) in [5, 5.41) is 1.81. The number of ether oxygens (including phenoxy) is 1. The molecule has 2 aromatic carbocycles. The molecule has 0 aromatic heterocycles. The van der Waals surface area contributed by atoms with Crippen molar-refractivity contribution in [2.45, 2.75) is 19.3 Å². The highest BCUT2D eigenvalue weighted by molar-refractivity contribution is 6.29. The third-order valence-corrected chi connectivity index (χ3v) is 4.72. The summed E-state index contributed by atoms with van der Waals surface area (Å²) < 4.78 is 5.38. The number of nitrogens with one attached hydrogen (secondary N) is 1. The molecule has 4 rings (SSSR count). The van der Waals surface area contributed by atoms with Gasteiger partial charge in [-0.3, -0.25) is 15.0 Å². The van der Waals surface area contributed by atoms with E-state index in [0.717, 1.165) is 32.4 Å². The first kappa shape index (κ1) is 16.5. The Bertz CT molecular complexity index is 900. The van der Waals surface area contributed by atoms with Crippen molar-refractivity contribution in [2.24, 2.45) is 0 Å². The van der Waals surface area contributed by atoms with Crippen molar-refractivity contribution in [3.05, 3.63) is 64.7 Å². The molecule has 6 heteroatoms. The number of hydrogen-bond acceptors (Lipinski definition) is 5. The van der Waals surface area contributed by atoms with Crippen LogP contribution < -0.4 is 10.2 Å². The predicted octanol–water partition coefficient (Wildman–Crippen LogP) is 2.95. The Hall–Kier alpha value is -2.99. The molecule has 2 aliphatic rings. The Kier molecular flexibility index (Phi) is 4.26. The van der Waals surface area contributed by atoms with Crippen LogP contribution in [0.15, 0.2) is 42.5 Å². The molecule has 1 heterocycles. The lowest BCUT2D eigenvalue weighted by molar-refractivity contribution is 0.0974. The monoisotopic (exact) mass is 350 g/mol. The summed E-state index contributed by atoms with van der Waals surface area (Å²) in [5.74, 6) is -0.446. The first-order chi connectivity index (χ1) is 12.6. The van der Waals surface area contributed by atoms with Gasteiger partial charge in [-0.2, -0.15) is 0 Å². The molecule has 26 heavy (non-hydrogen) atoms. The van der Waals surface area contributed by atoms with Crippen LogP contribution in [-0.4, -0.2) is 35.8 Å². The van der Waals surface area contributed by atoms with E-state index in [0.29, 0.717) is 11.1 Å². The standard InChI is InChI=1S/C20H18N2O4/c23-18-13-7-2-3-8-14(13)19(24)17-15(18)9-6-10-16(17)26-20(25)21-22-11-4-1-5-12-22/h2-3,6-10H,1,4-5,11-12H2,(H,21,25). The molecule has 0 saturated carbocycles. The highest BCUT2D eigenvalue weighted by Crippen LogP contribution is 2.33. The summed E-state index contributed by atoms with van der Waals surface area (Å²) >= 11 is 0. The predicted molar refractivity (Wildman–Crippen MR) is 94.3 cm³/mol. The molecule has 0 bridgehead atoms. The molecule has 0 radical (unpaired) electrons. The van der Waals surface area contributed by atoms with Gasteiger partial charge in [0.2, 0.25) is 0 Å². The van der Waals surface area contributed by atoms with E-state index >= 15 is 0 Å². The molecule has 1 saturated heterocycles. The minimum Gasteiger partial charge on any atom is -0.409 e. The van der Waals surface area contributed by atoms with E-state index in [1.807, 2.05) is 5.01 Å². The molecule has 2 aromatic rings. The Morgan fingerprint density at radius 2 is 1.50 bits per heavy atom. The van der Waals surface area contributed by atoms with E-state index < -0.39 is 6.09 Å². The number of amides is 1. The number of piperidine rings is 1. The van der Waals surface area contributed by atoms with Crippen molar-refractivity contribution >= 4 is 17.7 Å². The maximum Gasteiger partial charge on any atom is 0.427 e. The average molecular weight is 350 g/mol. The molecule has 1 aliphatic heterocycles. The Morgan fingerprint density at radius 1 is 0.846 bits per heavy atom. The molecule has 1 aliphatic carbocycles. The number of carbonyl (C=O) groups is 3. The van der Waals surface area contributed by atoms with Crippen molar-refractivity contribution < 1.29 is 19.1 Å². The van der Waals surface area contributed by atoms with Crippen LogP contribution in [0.3, 0.4) is 0 Å². The molecule has 0 atom stereocenters. The van der Waals surface area contributed by atoms with E-state index in [4.69, 9.17) is 4.74 Å². The van der Waals surface area contributed by atoms with Gasteiger partial charge in [-0.1, -0.05) is 42.8 Å². The van der Waals surface area contributed by atoms with Crippen molar-refractivity contribution in [3.63, 3.8) is 0 Å². The molecule has 0 spiro atoms. The minimum absolute atomic E-state index is 0.102. The molecule has 132 valence electrons. The summed E-state index contributed by atoms with van der Waals surface area (Å²) in [5.41, 5.74) is 3.81. The van der Waals surface area contributed by atoms with E-state index in [1.54, 1.807) is 36.4 Å². The van der Waals surface area contributed by atoms with Gasteiger partial charge in [0, 0.05) is 29.8 Å². The van der Waals surface area contributed by atoms with Crippen LogP contribution in [0.4, 0.5) is 4.79 Å². The molecule has 1 N–H and O–H groups in total. The Morgan fingerprint density at radius 3 is 2.23 bits per heavy atom. The van der Waals surface area contributed by atoms with Crippen LogP contribution in [0, 0.1) is 0 Å². The maximum absolute atomic E-state index is 12.9. The molecule has 6 nitrogen and oxygen atoms in total. The number of rotatable bonds is 2. The molecule has 0 unspecified atom stereocenters. The maximum atomic E-state index is 12.9. The summed E-state index contributed by atoms with van der Waals surface area (Å²) in [4.78, 5) is 37.8. The number of ketones is 2. The van der Waals surface area contributed by atoms with Crippen LogP contribution in [0.2, 0.25) is 0 Å². The fourth-order valence-corrected chi connectivity index (χ4v) is 3.46. The molecular formula is C20H18N2O4. The normalized spacial score (nSPS) is 16.6. The smallest absolute Gasteiger partial charge is 0.409 e. The SMILES string of the molecule is O=C(NN1CCCCC1)Oc1cccc2c1C(=O)c1ccccc1C2=O. The summed E-state index contributed by atoms with van der Waals surface area (Å²) in [6, 6.07) is 11.4. The number of hydrogen-bond donors (Lipinski definition) is 1. The van der Waals surface area contributed by atoms with Gasteiger partial charge < -0.3 is 4.74 Å². The zero-order valence-corrected chi connectivity index (χ0v) is 14.2. The third-order valence-electron chi connectivity index (χ3n) is 4.72. The van der Waals surface area contributed by atoms with Crippen molar-refractivity contribution in [1.29, 1.82) is 0 Å². The van der Waals surface area contributed by atoms with E-state index in [1.165, 1.54) is 6.07 Å². The van der Waals surface area contributed by atoms with Crippen LogP contribution >= 0.6 is 0 Å². The first-order valence-corrected chi connectivity index (χ1v) is 8.70. The number of fused-ring (bicyclic) bond motifs is 2. The van der Waals surface area contributed by atoms with Gasteiger partial charge >= 0.3 is 6.09 Å². The second kappa shape index (κ2) is 6.72. The molecule has 1 amide bonds. The number of carbonyl (C=O) groups excluding carboxylic acids is 3. The third kappa shape index (κ3) is 2.88. The minimum atomic E-state index is -0.653. The van der Waals surface area contributed by atoms with Gasteiger partial charge in [0.15, 0.2) is 11.6 Å². The summed E-state index contributed by atoms with van der Waals surface area (Å²) in [7, 11) is 0. The number of hydrazine groups is 1. The van der Waals surface area contributed by atoms with Crippen molar-refractivity contribution in [2.75, 3.05) is 13.1 Å². The molecular weight excluding hydrogens is 332 g/mol. The highest BCUT2D eigenvalue weighted by atomic mass is 16.6. The number of nitrogens with zero attached hydrogens (tertiary/aromatic N) is 1. The average Bonchev–Trinajstić information content (AvgIpc) is 2.67. The lowest BCUT2D eigenvalue weighted by Crippen LogP contribution is -2.46. The van der Waals surface area contributed by atoms with E-state index in [-0.39, 0.29) is 28.4 Å². The highest BCUT2D eigenvalue weighted by Gasteiger charge is 2.32. The Labute approximate surface area is 150 Å². The van der Waals surface area contributed by atoms with Crippen LogP contribution in [0.1, 0.15) is 51.1 Å². The van der Waals surface area contributed by atoms with Crippen molar-refractivity contribution in [3.8, 4) is 5.75 Å². The Balaban J connectivity index is 1.62. The topological polar surface area (TPSA) is 75.7 Å². The molecule has 1 fully saturated rings. The van der Waals surface area contributed by atoms with Crippen LogP contribution in [0.5, 0.6) is 5.75 Å². The largest absolute Gasteiger partial charge is 0.427 e. The van der Waals surface area contributed by atoms with Gasteiger partial charge in [-0.05, 0) is 18.9 Å². The van der Waals surface area contributed by atoms with E-state index in [2.05, 4.69) is 5.43 Å². The van der Waals surface area contributed by atoms with E-state index in [9.17, 15) is 14.4 Å².